The Balaban J connectivity index is 0.000000161. The van der Waals surface area contributed by atoms with E-state index in [9.17, 15) is 4.79 Å². The summed E-state index contributed by atoms with van der Waals surface area (Å²) in [5.74, 6) is 0.883. The highest BCUT2D eigenvalue weighted by Crippen LogP contribution is 2.33. The Kier molecular flexibility index (Phi) is 5.95. The van der Waals surface area contributed by atoms with Crippen LogP contribution in [-0.2, 0) is 4.79 Å². The van der Waals surface area contributed by atoms with Gasteiger partial charge in [-0.05, 0) is 41.3 Å². The summed E-state index contributed by atoms with van der Waals surface area (Å²) in [7, 11) is 0. The molecule has 0 saturated heterocycles. The van der Waals surface area contributed by atoms with Crippen LogP contribution in [0.5, 0.6) is 0 Å². The first-order chi connectivity index (χ1) is 10.1. The molecule has 1 saturated carbocycles. The number of rotatable bonds is 2. The SMILES string of the molecule is C=Cc1ccc(Br)cc1.O=C1CC(c2ccc(Br)cc2)C1. The van der Waals surface area contributed by atoms with Crippen molar-refractivity contribution < 1.29 is 4.79 Å². The molecule has 0 aliphatic heterocycles. The molecule has 2 aromatic rings. The van der Waals surface area contributed by atoms with Crippen molar-refractivity contribution in [2.45, 2.75) is 18.8 Å². The third-order valence-corrected chi connectivity index (χ3v) is 4.45. The number of hydrogen-bond acceptors (Lipinski definition) is 1. The van der Waals surface area contributed by atoms with Crippen molar-refractivity contribution in [3.63, 3.8) is 0 Å². The van der Waals surface area contributed by atoms with Crippen LogP contribution in [0.3, 0.4) is 0 Å². The Morgan fingerprint density at radius 3 is 1.81 bits per heavy atom. The molecule has 0 aromatic heterocycles. The summed E-state index contributed by atoms with van der Waals surface area (Å²) in [6, 6.07) is 16.2. The smallest absolute Gasteiger partial charge is 0.134 e. The minimum atomic E-state index is 0.392. The van der Waals surface area contributed by atoms with E-state index in [1.807, 2.05) is 42.5 Å². The molecule has 1 aliphatic carbocycles. The van der Waals surface area contributed by atoms with Crippen LogP contribution in [0, 0.1) is 0 Å². The Bertz CT molecular complexity index is 607. The van der Waals surface area contributed by atoms with Gasteiger partial charge in [0.1, 0.15) is 5.78 Å². The highest BCUT2D eigenvalue weighted by atomic mass is 79.9. The third kappa shape index (κ3) is 4.94. The van der Waals surface area contributed by atoms with E-state index in [-0.39, 0.29) is 0 Å². The monoisotopic (exact) mass is 406 g/mol. The number of carbonyl (C=O) groups excluding carboxylic acids is 1. The van der Waals surface area contributed by atoms with Crippen LogP contribution in [0.15, 0.2) is 64.1 Å². The van der Waals surface area contributed by atoms with Gasteiger partial charge in [-0.1, -0.05) is 68.8 Å². The lowest BCUT2D eigenvalue weighted by Crippen LogP contribution is -2.20. The maximum absolute atomic E-state index is 10.7. The summed E-state index contributed by atoms with van der Waals surface area (Å²) in [4.78, 5) is 10.7. The van der Waals surface area contributed by atoms with Crippen molar-refractivity contribution in [1.82, 2.24) is 0 Å². The van der Waals surface area contributed by atoms with E-state index >= 15 is 0 Å². The number of Topliss-reactive ketones (excluding diaryl/α,β-unsaturated/α-hetero) is 1. The maximum Gasteiger partial charge on any atom is 0.134 e. The predicted octanol–water partition coefficient (Wildman–Crippen LogP) is 5.99. The lowest BCUT2D eigenvalue weighted by molar-refractivity contribution is -0.124. The van der Waals surface area contributed by atoms with E-state index in [0.29, 0.717) is 11.7 Å². The summed E-state index contributed by atoms with van der Waals surface area (Å²) in [6.45, 7) is 3.65. The van der Waals surface area contributed by atoms with Gasteiger partial charge < -0.3 is 0 Å². The minimum Gasteiger partial charge on any atom is -0.300 e. The average molecular weight is 408 g/mol. The van der Waals surface area contributed by atoms with Crippen LogP contribution in [0.4, 0.5) is 0 Å². The minimum absolute atomic E-state index is 0.392. The zero-order valence-electron chi connectivity index (χ0n) is 11.6. The van der Waals surface area contributed by atoms with Crippen molar-refractivity contribution >= 4 is 43.7 Å². The van der Waals surface area contributed by atoms with E-state index in [4.69, 9.17) is 0 Å². The number of carbonyl (C=O) groups is 1. The fraction of sp³-hybridized carbons (Fsp3) is 0.167. The van der Waals surface area contributed by atoms with Gasteiger partial charge >= 0.3 is 0 Å². The largest absolute Gasteiger partial charge is 0.300 e. The summed E-state index contributed by atoms with van der Waals surface area (Å²) >= 11 is 6.72. The van der Waals surface area contributed by atoms with Crippen molar-refractivity contribution in [1.29, 1.82) is 0 Å². The van der Waals surface area contributed by atoms with E-state index in [1.54, 1.807) is 0 Å². The van der Waals surface area contributed by atoms with Crippen LogP contribution in [0.2, 0.25) is 0 Å². The molecular formula is C18H16Br2O. The maximum atomic E-state index is 10.7. The summed E-state index contributed by atoms with van der Waals surface area (Å²) < 4.78 is 2.20. The first-order valence-corrected chi connectivity index (χ1v) is 8.32. The Morgan fingerprint density at radius 1 is 0.905 bits per heavy atom. The molecule has 0 unspecified atom stereocenters. The second kappa shape index (κ2) is 7.71. The fourth-order valence-corrected chi connectivity index (χ4v) is 2.59. The van der Waals surface area contributed by atoms with Crippen LogP contribution in [0.1, 0.15) is 29.9 Å². The summed E-state index contributed by atoms with van der Waals surface area (Å²) in [5, 5.41) is 0. The lowest BCUT2D eigenvalue weighted by Gasteiger charge is -2.24. The number of ketones is 1. The highest BCUT2D eigenvalue weighted by Gasteiger charge is 2.27. The van der Waals surface area contributed by atoms with E-state index < -0.39 is 0 Å². The van der Waals surface area contributed by atoms with Gasteiger partial charge in [-0.15, -0.1) is 0 Å². The summed E-state index contributed by atoms with van der Waals surface area (Å²) in [6.07, 6.45) is 3.30. The molecule has 0 spiro atoms. The topological polar surface area (TPSA) is 17.1 Å². The molecule has 0 bridgehead atoms. The number of benzene rings is 2. The molecule has 1 aliphatic rings. The van der Waals surface area contributed by atoms with Crippen molar-refractivity contribution in [2.75, 3.05) is 0 Å². The standard InChI is InChI=1S/C10H9BrO.C8H7Br/c11-9-3-1-7(2-4-9)8-5-10(12)6-8;1-2-7-3-5-8(9)6-4-7/h1-4,8H,5-6H2;2-6H,1H2. The van der Waals surface area contributed by atoms with Gasteiger partial charge in [-0.25, -0.2) is 0 Å². The average Bonchev–Trinajstić information content (AvgIpc) is 2.47. The fourth-order valence-electron chi connectivity index (χ4n) is 2.06. The molecule has 0 amide bonds. The first kappa shape index (κ1) is 16.2. The van der Waals surface area contributed by atoms with Gasteiger partial charge in [0.2, 0.25) is 0 Å². The molecule has 1 fully saturated rings. The Morgan fingerprint density at radius 2 is 1.38 bits per heavy atom. The van der Waals surface area contributed by atoms with Gasteiger partial charge in [0, 0.05) is 21.8 Å². The van der Waals surface area contributed by atoms with E-state index in [0.717, 1.165) is 27.4 Å². The van der Waals surface area contributed by atoms with Gasteiger partial charge in [-0.2, -0.15) is 0 Å². The van der Waals surface area contributed by atoms with Gasteiger partial charge in [0.15, 0.2) is 0 Å². The van der Waals surface area contributed by atoms with Crippen molar-refractivity contribution in [2.24, 2.45) is 0 Å². The molecule has 2 aromatic carbocycles. The van der Waals surface area contributed by atoms with Gasteiger partial charge in [0.05, 0.1) is 0 Å². The van der Waals surface area contributed by atoms with E-state index in [2.05, 4.69) is 50.6 Å². The first-order valence-electron chi connectivity index (χ1n) is 6.73. The molecule has 1 nitrogen and oxygen atoms in total. The molecule has 3 heteroatoms. The Labute approximate surface area is 142 Å². The molecule has 0 N–H and O–H groups in total. The predicted molar refractivity (Wildman–Crippen MR) is 95.4 cm³/mol. The highest BCUT2D eigenvalue weighted by molar-refractivity contribution is 9.10. The van der Waals surface area contributed by atoms with Crippen LogP contribution in [0.25, 0.3) is 6.08 Å². The molecule has 3 rings (SSSR count). The summed E-state index contributed by atoms with van der Waals surface area (Å²) in [5.41, 5.74) is 2.44. The zero-order chi connectivity index (χ0) is 15.2. The van der Waals surface area contributed by atoms with Crippen LogP contribution >= 0.6 is 31.9 Å². The third-order valence-electron chi connectivity index (χ3n) is 3.40. The van der Waals surface area contributed by atoms with Crippen molar-refractivity contribution in [3.05, 3.63) is 75.2 Å². The molecule has 108 valence electrons. The zero-order valence-corrected chi connectivity index (χ0v) is 14.7. The number of hydrogen-bond donors (Lipinski definition) is 0. The molecule has 0 atom stereocenters. The lowest BCUT2D eigenvalue weighted by atomic mass is 9.79. The second-order valence-electron chi connectivity index (χ2n) is 4.95. The second-order valence-corrected chi connectivity index (χ2v) is 6.78. The van der Waals surface area contributed by atoms with Crippen LogP contribution in [-0.4, -0.2) is 5.78 Å². The Hall–Kier alpha value is -1.19. The molecule has 0 radical (unpaired) electrons. The quantitative estimate of drug-likeness (QED) is 0.597. The molecular weight excluding hydrogens is 392 g/mol. The normalized spacial score (nSPS) is 13.9. The number of halogens is 2. The van der Waals surface area contributed by atoms with E-state index in [1.165, 1.54) is 5.56 Å². The molecule has 0 heterocycles. The van der Waals surface area contributed by atoms with Gasteiger partial charge in [-0.3, -0.25) is 4.79 Å². The van der Waals surface area contributed by atoms with Crippen molar-refractivity contribution in [3.8, 4) is 0 Å². The molecule has 21 heavy (non-hydrogen) atoms. The van der Waals surface area contributed by atoms with Gasteiger partial charge in [0.25, 0.3) is 0 Å². The van der Waals surface area contributed by atoms with Crippen LogP contribution < -0.4 is 0 Å².